The van der Waals surface area contributed by atoms with Gasteiger partial charge in [0.15, 0.2) is 0 Å². The predicted octanol–water partition coefficient (Wildman–Crippen LogP) is 3.59. The van der Waals surface area contributed by atoms with E-state index in [4.69, 9.17) is 0 Å². The summed E-state index contributed by atoms with van der Waals surface area (Å²) in [6, 6.07) is 3.71. The summed E-state index contributed by atoms with van der Waals surface area (Å²) in [6.07, 6.45) is 5.63. The van der Waals surface area contributed by atoms with E-state index in [9.17, 15) is 8.78 Å². The van der Waals surface area contributed by atoms with Crippen LogP contribution in [-0.2, 0) is 6.54 Å². The number of hydrogen-bond acceptors (Lipinski definition) is 2. The van der Waals surface area contributed by atoms with Gasteiger partial charge in [-0.25, -0.2) is 8.78 Å². The molecule has 4 heteroatoms. The van der Waals surface area contributed by atoms with Crippen molar-refractivity contribution in [1.82, 2.24) is 5.32 Å². The van der Waals surface area contributed by atoms with Gasteiger partial charge >= 0.3 is 0 Å². The Bertz CT molecular complexity index is 331. The Morgan fingerprint density at radius 3 is 2.71 bits per heavy atom. The third-order valence-corrected chi connectivity index (χ3v) is 3.23. The highest BCUT2D eigenvalue weighted by atomic mass is 32.2. The van der Waals surface area contributed by atoms with Gasteiger partial charge in [-0.15, -0.1) is 0 Å². The summed E-state index contributed by atoms with van der Waals surface area (Å²) in [5.41, 5.74) is 0.524. The number of nitrogens with one attached hydrogen (secondary N) is 1. The summed E-state index contributed by atoms with van der Waals surface area (Å²) in [4.78, 5) is 0. The highest BCUT2D eigenvalue weighted by Gasteiger charge is 2.02. The van der Waals surface area contributed by atoms with Gasteiger partial charge < -0.3 is 5.32 Å². The second kappa shape index (κ2) is 8.48. The molecule has 1 nitrogen and oxygen atoms in total. The highest BCUT2D eigenvalue weighted by molar-refractivity contribution is 7.98. The third kappa shape index (κ3) is 6.03. The van der Waals surface area contributed by atoms with Crippen molar-refractivity contribution in [1.29, 1.82) is 0 Å². The molecule has 1 aromatic rings. The van der Waals surface area contributed by atoms with Crippen molar-refractivity contribution < 1.29 is 8.78 Å². The van der Waals surface area contributed by atoms with Crippen molar-refractivity contribution in [2.24, 2.45) is 0 Å². The lowest BCUT2D eigenvalue weighted by Crippen LogP contribution is -2.15. The summed E-state index contributed by atoms with van der Waals surface area (Å²) in [6.45, 7) is 1.35. The average Bonchev–Trinajstić information content (AvgIpc) is 2.30. The van der Waals surface area contributed by atoms with Gasteiger partial charge in [0.2, 0.25) is 0 Å². The van der Waals surface area contributed by atoms with E-state index in [0.717, 1.165) is 19.0 Å². The Morgan fingerprint density at radius 1 is 1.18 bits per heavy atom. The molecule has 17 heavy (non-hydrogen) atoms. The van der Waals surface area contributed by atoms with Crippen LogP contribution >= 0.6 is 11.8 Å². The Labute approximate surface area is 106 Å². The van der Waals surface area contributed by atoms with Crippen molar-refractivity contribution in [3.05, 3.63) is 35.4 Å². The summed E-state index contributed by atoms with van der Waals surface area (Å²) >= 11 is 1.86. The third-order valence-electron chi connectivity index (χ3n) is 2.53. The van der Waals surface area contributed by atoms with Crippen LogP contribution in [0.1, 0.15) is 24.8 Å². The van der Waals surface area contributed by atoms with E-state index in [2.05, 4.69) is 11.6 Å². The summed E-state index contributed by atoms with van der Waals surface area (Å²) in [5, 5.41) is 3.17. The van der Waals surface area contributed by atoms with Crippen LogP contribution in [0.2, 0.25) is 0 Å². The first-order valence-electron chi connectivity index (χ1n) is 5.87. The topological polar surface area (TPSA) is 12.0 Å². The number of rotatable bonds is 8. The smallest absolute Gasteiger partial charge is 0.130 e. The first kappa shape index (κ1) is 14.5. The molecule has 0 atom stereocenters. The van der Waals surface area contributed by atoms with E-state index in [1.54, 1.807) is 0 Å². The van der Waals surface area contributed by atoms with E-state index in [0.29, 0.717) is 12.1 Å². The molecular formula is C13H19F2NS. The molecule has 0 saturated carbocycles. The van der Waals surface area contributed by atoms with Crippen LogP contribution in [0.4, 0.5) is 8.78 Å². The van der Waals surface area contributed by atoms with Gasteiger partial charge in [0, 0.05) is 18.2 Å². The summed E-state index contributed by atoms with van der Waals surface area (Å²) < 4.78 is 25.9. The summed E-state index contributed by atoms with van der Waals surface area (Å²) in [7, 11) is 0. The minimum Gasteiger partial charge on any atom is -0.313 e. The van der Waals surface area contributed by atoms with Crippen LogP contribution in [0.3, 0.4) is 0 Å². The molecule has 0 amide bonds. The lowest BCUT2D eigenvalue weighted by atomic mass is 10.2. The largest absolute Gasteiger partial charge is 0.313 e. The molecule has 0 radical (unpaired) electrons. The van der Waals surface area contributed by atoms with E-state index in [1.807, 2.05) is 11.8 Å². The second-order valence-electron chi connectivity index (χ2n) is 3.97. The maximum Gasteiger partial charge on any atom is 0.130 e. The number of halogens is 2. The number of unbranched alkanes of at least 4 members (excludes halogenated alkanes) is 2. The van der Waals surface area contributed by atoms with Gasteiger partial charge in [0.1, 0.15) is 11.6 Å². The van der Waals surface area contributed by atoms with Crippen molar-refractivity contribution in [2.45, 2.75) is 25.8 Å². The minimum atomic E-state index is -0.525. The molecular weight excluding hydrogens is 240 g/mol. The first-order valence-corrected chi connectivity index (χ1v) is 7.27. The van der Waals surface area contributed by atoms with Crippen LogP contribution in [0, 0.1) is 11.6 Å². The van der Waals surface area contributed by atoms with E-state index in [1.165, 1.54) is 30.7 Å². The molecule has 0 spiro atoms. The van der Waals surface area contributed by atoms with Gasteiger partial charge in [0.25, 0.3) is 0 Å². The predicted molar refractivity (Wildman–Crippen MR) is 70.3 cm³/mol. The molecule has 0 aromatic heterocycles. The van der Waals surface area contributed by atoms with Crippen molar-refractivity contribution in [2.75, 3.05) is 18.6 Å². The number of hydrogen-bond donors (Lipinski definition) is 1. The van der Waals surface area contributed by atoms with Gasteiger partial charge in [0.05, 0.1) is 0 Å². The Morgan fingerprint density at radius 2 is 2.00 bits per heavy atom. The zero-order valence-electron chi connectivity index (χ0n) is 10.1. The molecule has 0 aliphatic heterocycles. The molecule has 0 heterocycles. The molecule has 1 aromatic carbocycles. The maximum absolute atomic E-state index is 13.2. The van der Waals surface area contributed by atoms with Crippen LogP contribution in [0.5, 0.6) is 0 Å². The molecule has 96 valence electrons. The Balaban J connectivity index is 2.14. The number of thioether (sulfide) groups is 1. The fraction of sp³-hybridized carbons (Fsp3) is 0.538. The van der Waals surface area contributed by atoms with Crippen molar-refractivity contribution >= 4 is 11.8 Å². The van der Waals surface area contributed by atoms with Gasteiger partial charge in [-0.2, -0.15) is 11.8 Å². The quantitative estimate of drug-likeness (QED) is 0.716. The fourth-order valence-corrected chi connectivity index (χ4v) is 2.05. The van der Waals surface area contributed by atoms with Crippen LogP contribution in [-0.4, -0.2) is 18.6 Å². The van der Waals surface area contributed by atoms with Crippen LogP contribution in [0.25, 0.3) is 0 Å². The molecule has 1 rings (SSSR count). The monoisotopic (exact) mass is 259 g/mol. The van der Waals surface area contributed by atoms with E-state index < -0.39 is 11.6 Å². The molecule has 0 fully saturated rings. The van der Waals surface area contributed by atoms with Crippen molar-refractivity contribution in [3.8, 4) is 0 Å². The van der Waals surface area contributed by atoms with E-state index >= 15 is 0 Å². The normalized spacial score (nSPS) is 10.8. The van der Waals surface area contributed by atoms with Crippen LogP contribution < -0.4 is 5.32 Å². The molecule has 0 saturated heterocycles. The van der Waals surface area contributed by atoms with Crippen LogP contribution in [0.15, 0.2) is 18.2 Å². The number of benzene rings is 1. The van der Waals surface area contributed by atoms with Gasteiger partial charge in [-0.3, -0.25) is 0 Å². The zero-order valence-corrected chi connectivity index (χ0v) is 11.0. The maximum atomic E-state index is 13.2. The lowest BCUT2D eigenvalue weighted by Gasteiger charge is -2.06. The lowest BCUT2D eigenvalue weighted by molar-refractivity contribution is 0.554. The SMILES string of the molecule is CSCCCCCNCc1ccc(F)cc1F. The first-order chi connectivity index (χ1) is 8.24. The molecule has 0 aliphatic rings. The average molecular weight is 259 g/mol. The van der Waals surface area contributed by atoms with E-state index in [-0.39, 0.29) is 0 Å². The highest BCUT2D eigenvalue weighted by Crippen LogP contribution is 2.09. The van der Waals surface area contributed by atoms with Gasteiger partial charge in [-0.05, 0) is 37.5 Å². The Hall–Kier alpha value is -0.610. The minimum absolute atomic E-state index is 0.467. The molecule has 0 aliphatic carbocycles. The Kier molecular flexibility index (Phi) is 7.21. The standard InChI is InChI=1S/C13H19F2NS/c1-17-8-4-2-3-7-16-10-11-5-6-12(14)9-13(11)15/h5-6,9,16H,2-4,7-8,10H2,1H3. The molecule has 1 N–H and O–H groups in total. The van der Waals surface area contributed by atoms with Crippen molar-refractivity contribution in [3.63, 3.8) is 0 Å². The summed E-state index contributed by atoms with van der Waals surface area (Å²) in [5.74, 6) is 0.204. The molecule has 0 unspecified atom stereocenters. The fourth-order valence-electron chi connectivity index (χ4n) is 1.56. The zero-order chi connectivity index (χ0) is 12.5. The second-order valence-corrected chi connectivity index (χ2v) is 4.95. The van der Waals surface area contributed by atoms with Gasteiger partial charge in [-0.1, -0.05) is 12.5 Å². The molecule has 0 bridgehead atoms.